The molecule has 1 heterocycles. The Bertz CT molecular complexity index is 450. The highest BCUT2D eigenvalue weighted by molar-refractivity contribution is 5.46. The van der Waals surface area contributed by atoms with E-state index < -0.39 is 0 Å². The molecule has 0 radical (unpaired) electrons. The van der Waals surface area contributed by atoms with E-state index in [1.807, 2.05) is 0 Å². The van der Waals surface area contributed by atoms with E-state index in [2.05, 4.69) is 37.8 Å². The van der Waals surface area contributed by atoms with Gasteiger partial charge in [0, 0.05) is 37.4 Å². The van der Waals surface area contributed by atoms with Crippen LogP contribution < -0.4 is 10.6 Å². The normalized spacial score (nSPS) is 15.4. The van der Waals surface area contributed by atoms with Crippen molar-refractivity contribution < 1.29 is 4.74 Å². The van der Waals surface area contributed by atoms with E-state index in [1.54, 1.807) is 7.11 Å². The molecule has 2 N–H and O–H groups in total. The van der Waals surface area contributed by atoms with Crippen molar-refractivity contribution in [3.8, 4) is 0 Å². The Morgan fingerprint density at radius 3 is 2.55 bits per heavy atom. The van der Waals surface area contributed by atoms with E-state index in [0.29, 0.717) is 12.6 Å². The number of ether oxygens (including phenoxy) is 1. The number of hydrogen-bond donors (Lipinski definition) is 1. The maximum absolute atomic E-state index is 5.85. The van der Waals surface area contributed by atoms with Crippen molar-refractivity contribution in [3.05, 3.63) is 23.4 Å². The SMILES string of the molecule is COCCN(c1cc(CN)cc(C(C)(C)C)n1)C1CC1. The van der Waals surface area contributed by atoms with Gasteiger partial charge < -0.3 is 15.4 Å². The predicted octanol–water partition coefficient (Wildman–Crippen LogP) is 2.45. The van der Waals surface area contributed by atoms with Crippen LogP contribution in [0, 0.1) is 0 Å². The number of hydrogen-bond acceptors (Lipinski definition) is 4. The lowest BCUT2D eigenvalue weighted by Gasteiger charge is -2.27. The van der Waals surface area contributed by atoms with Crippen molar-refractivity contribution in [1.82, 2.24) is 4.98 Å². The number of nitrogens with zero attached hydrogens (tertiary/aromatic N) is 2. The van der Waals surface area contributed by atoms with Crippen LogP contribution in [0.15, 0.2) is 12.1 Å². The van der Waals surface area contributed by atoms with E-state index in [9.17, 15) is 0 Å². The first-order chi connectivity index (χ1) is 9.45. The molecule has 0 atom stereocenters. The number of anilines is 1. The van der Waals surface area contributed by atoms with Gasteiger partial charge >= 0.3 is 0 Å². The van der Waals surface area contributed by atoms with Gasteiger partial charge in [-0.05, 0) is 30.5 Å². The molecular weight excluding hydrogens is 250 g/mol. The molecule has 1 saturated carbocycles. The summed E-state index contributed by atoms with van der Waals surface area (Å²) in [4.78, 5) is 7.25. The quantitative estimate of drug-likeness (QED) is 0.868. The van der Waals surface area contributed by atoms with Crippen LogP contribution in [0.1, 0.15) is 44.9 Å². The van der Waals surface area contributed by atoms with Crippen molar-refractivity contribution in [2.75, 3.05) is 25.2 Å². The first-order valence-corrected chi connectivity index (χ1v) is 7.43. The predicted molar refractivity (Wildman–Crippen MR) is 83.1 cm³/mol. The zero-order valence-corrected chi connectivity index (χ0v) is 13.1. The zero-order valence-electron chi connectivity index (χ0n) is 13.1. The van der Waals surface area contributed by atoms with Crippen LogP contribution in [0.5, 0.6) is 0 Å². The zero-order chi connectivity index (χ0) is 14.8. The molecular formula is C16H27N3O. The number of aromatic nitrogens is 1. The summed E-state index contributed by atoms with van der Waals surface area (Å²) >= 11 is 0. The van der Waals surface area contributed by atoms with Gasteiger partial charge in [-0.3, -0.25) is 0 Å². The summed E-state index contributed by atoms with van der Waals surface area (Å²) < 4.78 is 5.23. The standard InChI is InChI=1S/C16H27N3O/c1-16(2,3)14-9-12(11-17)10-15(18-14)19(7-8-20-4)13-5-6-13/h9-10,13H,5-8,11,17H2,1-4H3. The second-order valence-corrected chi connectivity index (χ2v) is 6.59. The van der Waals surface area contributed by atoms with Crippen LogP contribution in [0.4, 0.5) is 5.82 Å². The van der Waals surface area contributed by atoms with Gasteiger partial charge in [0.15, 0.2) is 0 Å². The Hall–Kier alpha value is -1.13. The molecule has 0 spiro atoms. The second-order valence-electron chi connectivity index (χ2n) is 6.59. The van der Waals surface area contributed by atoms with E-state index in [0.717, 1.165) is 30.2 Å². The Kier molecular flexibility index (Phi) is 4.66. The third-order valence-corrected chi connectivity index (χ3v) is 3.69. The maximum atomic E-state index is 5.85. The Morgan fingerprint density at radius 1 is 1.35 bits per heavy atom. The molecule has 20 heavy (non-hydrogen) atoms. The molecule has 0 unspecified atom stereocenters. The van der Waals surface area contributed by atoms with Gasteiger partial charge in [0.05, 0.1) is 6.61 Å². The molecule has 0 aliphatic heterocycles. The van der Waals surface area contributed by atoms with Gasteiger partial charge in [-0.15, -0.1) is 0 Å². The van der Waals surface area contributed by atoms with Crippen molar-refractivity contribution in [1.29, 1.82) is 0 Å². The monoisotopic (exact) mass is 277 g/mol. The van der Waals surface area contributed by atoms with Gasteiger partial charge in [-0.2, -0.15) is 0 Å². The molecule has 1 aromatic heterocycles. The van der Waals surface area contributed by atoms with Crippen molar-refractivity contribution >= 4 is 5.82 Å². The van der Waals surface area contributed by atoms with Crippen molar-refractivity contribution in [2.45, 2.75) is 51.6 Å². The third-order valence-electron chi connectivity index (χ3n) is 3.69. The van der Waals surface area contributed by atoms with Crippen LogP contribution in [-0.4, -0.2) is 31.3 Å². The van der Waals surface area contributed by atoms with Crippen molar-refractivity contribution in [2.24, 2.45) is 5.73 Å². The number of rotatable bonds is 6. The number of methoxy groups -OCH3 is 1. The van der Waals surface area contributed by atoms with Crippen LogP contribution in [-0.2, 0) is 16.7 Å². The van der Waals surface area contributed by atoms with Gasteiger partial charge in [0.2, 0.25) is 0 Å². The number of nitrogens with two attached hydrogens (primary N) is 1. The Morgan fingerprint density at radius 2 is 2.05 bits per heavy atom. The largest absolute Gasteiger partial charge is 0.383 e. The lowest BCUT2D eigenvalue weighted by Crippen LogP contribution is -2.31. The molecule has 1 fully saturated rings. The van der Waals surface area contributed by atoms with E-state index >= 15 is 0 Å². The van der Waals surface area contributed by atoms with Crippen LogP contribution >= 0.6 is 0 Å². The average Bonchev–Trinajstić information content (AvgIpc) is 3.22. The van der Waals surface area contributed by atoms with E-state index in [4.69, 9.17) is 15.5 Å². The minimum atomic E-state index is 0.0381. The summed E-state index contributed by atoms with van der Waals surface area (Å²) in [5.74, 6) is 1.05. The highest BCUT2D eigenvalue weighted by Crippen LogP contribution is 2.32. The highest BCUT2D eigenvalue weighted by atomic mass is 16.5. The Balaban J connectivity index is 2.32. The molecule has 1 aliphatic carbocycles. The third kappa shape index (κ3) is 3.70. The first-order valence-electron chi connectivity index (χ1n) is 7.43. The Labute approximate surface area is 122 Å². The summed E-state index contributed by atoms with van der Waals surface area (Å²) in [5.41, 5.74) is 8.16. The molecule has 0 saturated heterocycles. The maximum Gasteiger partial charge on any atom is 0.129 e. The summed E-state index contributed by atoms with van der Waals surface area (Å²) in [6, 6.07) is 4.88. The molecule has 112 valence electrons. The molecule has 0 aromatic carbocycles. The fourth-order valence-corrected chi connectivity index (χ4v) is 2.28. The van der Waals surface area contributed by atoms with Crippen molar-refractivity contribution in [3.63, 3.8) is 0 Å². The summed E-state index contributed by atoms with van der Waals surface area (Å²) in [6.07, 6.45) is 2.51. The minimum Gasteiger partial charge on any atom is -0.383 e. The minimum absolute atomic E-state index is 0.0381. The molecule has 1 aromatic rings. The lowest BCUT2D eigenvalue weighted by atomic mass is 9.90. The fraction of sp³-hybridized carbons (Fsp3) is 0.688. The second kappa shape index (κ2) is 6.10. The molecule has 4 heteroatoms. The van der Waals surface area contributed by atoms with Gasteiger partial charge in [0.25, 0.3) is 0 Å². The van der Waals surface area contributed by atoms with Crippen LogP contribution in [0.25, 0.3) is 0 Å². The van der Waals surface area contributed by atoms with E-state index in [-0.39, 0.29) is 5.41 Å². The lowest BCUT2D eigenvalue weighted by molar-refractivity contribution is 0.204. The molecule has 0 bridgehead atoms. The number of pyridine rings is 1. The summed E-state index contributed by atoms with van der Waals surface area (Å²) in [7, 11) is 1.75. The summed E-state index contributed by atoms with van der Waals surface area (Å²) in [6.45, 7) is 8.76. The van der Waals surface area contributed by atoms with Crippen LogP contribution in [0.2, 0.25) is 0 Å². The van der Waals surface area contributed by atoms with Gasteiger partial charge in [-0.25, -0.2) is 4.98 Å². The van der Waals surface area contributed by atoms with Crippen LogP contribution in [0.3, 0.4) is 0 Å². The molecule has 2 rings (SSSR count). The van der Waals surface area contributed by atoms with E-state index in [1.165, 1.54) is 12.8 Å². The molecule has 4 nitrogen and oxygen atoms in total. The van der Waals surface area contributed by atoms with Gasteiger partial charge in [-0.1, -0.05) is 20.8 Å². The molecule has 0 amide bonds. The fourth-order valence-electron chi connectivity index (χ4n) is 2.28. The average molecular weight is 277 g/mol. The summed E-state index contributed by atoms with van der Waals surface area (Å²) in [5, 5.41) is 0. The van der Waals surface area contributed by atoms with Gasteiger partial charge in [0.1, 0.15) is 5.82 Å². The topological polar surface area (TPSA) is 51.4 Å². The first kappa shape index (κ1) is 15.3. The molecule has 1 aliphatic rings. The highest BCUT2D eigenvalue weighted by Gasteiger charge is 2.30. The smallest absolute Gasteiger partial charge is 0.129 e.